The average Bonchev–Trinajstić information content (AvgIpc) is 2.25. The molecule has 106 valence electrons. The van der Waals surface area contributed by atoms with Gasteiger partial charge in [-0.1, -0.05) is 0 Å². The van der Waals surface area contributed by atoms with E-state index in [0.717, 1.165) is 13.1 Å². The SMILES string of the molecule is CC(C)Oc1nc(N)nc(N2C[C@@H](C)O[C@@H](C)C2)n1. The summed E-state index contributed by atoms with van der Waals surface area (Å²) < 4.78 is 11.2. The number of hydrogen-bond donors (Lipinski definition) is 1. The highest BCUT2D eigenvalue weighted by Crippen LogP contribution is 2.19. The average molecular weight is 267 g/mol. The number of ether oxygens (including phenoxy) is 2. The molecule has 2 atom stereocenters. The molecule has 1 aliphatic rings. The van der Waals surface area contributed by atoms with E-state index in [4.69, 9.17) is 15.2 Å². The summed E-state index contributed by atoms with van der Waals surface area (Å²) in [5, 5.41) is 0. The normalized spacial score (nSPS) is 23.7. The predicted octanol–water partition coefficient (Wildman–Crippen LogP) is 0.855. The largest absolute Gasteiger partial charge is 0.461 e. The van der Waals surface area contributed by atoms with Gasteiger partial charge in [-0.25, -0.2) is 0 Å². The van der Waals surface area contributed by atoms with Gasteiger partial charge in [-0.2, -0.15) is 15.0 Å². The Morgan fingerprint density at radius 1 is 1.21 bits per heavy atom. The van der Waals surface area contributed by atoms with Crippen LogP contribution in [0.3, 0.4) is 0 Å². The highest BCUT2D eigenvalue weighted by molar-refractivity contribution is 5.36. The van der Waals surface area contributed by atoms with Gasteiger partial charge >= 0.3 is 6.01 Å². The Hall–Kier alpha value is -1.63. The molecule has 0 bridgehead atoms. The molecule has 1 fully saturated rings. The van der Waals surface area contributed by atoms with Gasteiger partial charge in [-0.15, -0.1) is 0 Å². The van der Waals surface area contributed by atoms with Crippen molar-refractivity contribution in [3.05, 3.63) is 0 Å². The molecular weight excluding hydrogens is 246 g/mol. The molecule has 0 spiro atoms. The lowest BCUT2D eigenvalue weighted by molar-refractivity contribution is -0.00578. The first-order valence-electron chi connectivity index (χ1n) is 6.52. The van der Waals surface area contributed by atoms with Crippen LogP contribution < -0.4 is 15.4 Å². The van der Waals surface area contributed by atoms with E-state index in [9.17, 15) is 0 Å². The third kappa shape index (κ3) is 3.66. The van der Waals surface area contributed by atoms with E-state index in [-0.39, 0.29) is 30.3 Å². The van der Waals surface area contributed by atoms with Crippen molar-refractivity contribution in [2.45, 2.75) is 46.0 Å². The molecule has 1 aromatic rings. The summed E-state index contributed by atoms with van der Waals surface area (Å²) in [6.07, 6.45) is 0.268. The predicted molar refractivity (Wildman–Crippen MR) is 72.2 cm³/mol. The molecule has 2 heterocycles. The summed E-state index contributed by atoms with van der Waals surface area (Å²) in [5.74, 6) is 0.720. The van der Waals surface area contributed by atoms with E-state index in [2.05, 4.69) is 15.0 Å². The Morgan fingerprint density at radius 2 is 1.84 bits per heavy atom. The maximum atomic E-state index is 5.71. The van der Waals surface area contributed by atoms with Crippen molar-refractivity contribution in [3.63, 3.8) is 0 Å². The van der Waals surface area contributed by atoms with Crippen LogP contribution >= 0.6 is 0 Å². The molecule has 0 aliphatic carbocycles. The van der Waals surface area contributed by atoms with E-state index in [1.54, 1.807) is 0 Å². The molecule has 0 amide bonds. The number of morpholine rings is 1. The Bertz CT molecular complexity index is 430. The number of nitrogens with zero attached hydrogens (tertiary/aromatic N) is 4. The van der Waals surface area contributed by atoms with Crippen LogP contribution in [-0.4, -0.2) is 46.4 Å². The molecule has 1 saturated heterocycles. The summed E-state index contributed by atoms with van der Waals surface area (Å²) in [5.41, 5.74) is 5.71. The fraction of sp³-hybridized carbons (Fsp3) is 0.750. The zero-order valence-electron chi connectivity index (χ0n) is 11.8. The lowest BCUT2D eigenvalue weighted by atomic mass is 10.2. The second-order valence-electron chi connectivity index (χ2n) is 5.11. The van der Waals surface area contributed by atoms with Crippen LogP contribution in [0.4, 0.5) is 11.9 Å². The van der Waals surface area contributed by atoms with Crippen molar-refractivity contribution in [2.75, 3.05) is 23.7 Å². The lowest BCUT2D eigenvalue weighted by Gasteiger charge is -2.35. The molecule has 1 aliphatic heterocycles. The number of aromatic nitrogens is 3. The van der Waals surface area contributed by atoms with Gasteiger partial charge in [0.1, 0.15) is 0 Å². The van der Waals surface area contributed by atoms with Crippen LogP contribution in [0.2, 0.25) is 0 Å². The smallest absolute Gasteiger partial charge is 0.323 e. The summed E-state index contributed by atoms with van der Waals surface area (Å²) in [7, 11) is 0. The minimum Gasteiger partial charge on any atom is -0.461 e. The van der Waals surface area contributed by atoms with Crippen molar-refractivity contribution in [1.29, 1.82) is 0 Å². The highest BCUT2D eigenvalue weighted by Gasteiger charge is 2.25. The number of anilines is 2. The lowest BCUT2D eigenvalue weighted by Crippen LogP contribution is -2.46. The van der Waals surface area contributed by atoms with E-state index < -0.39 is 0 Å². The second kappa shape index (κ2) is 5.56. The molecule has 19 heavy (non-hydrogen) atoms. The maximum Gasteiger partial charge on any atom is 0.323 e. The van der Waals surface area contributed by atoms with E-state index in [1.807, 2.05) is 32.6 Å². The third-order valence-electron chi connectivity index (χ3n) is 2.66. The molecule has 7 nitrogen and oxygen atoms in total. The van der Waals surface area contributed by atoms with Crippen molar-refractivity contribution >= 4 is 11.9 Å². The topological polar surface area (TPSA) is 86.4 Å². The van der Waals surface area contributed by atoms with Crippen LogP contribution in [0, 0.1) is 0 Å². The van der Waals surface area contributed by atoms with Crippen molar-refractivity contribution in [1.82, 2.24) is 15.0 Å². The first-order chi connectivity index (χ1) is 8.94. The van der Waals surface area contributed by atoms with Crippen molar-refractivity contribution in [3.8, 4) is 6.01 Å². The first kappa shape index (κ1) is 13.8. The van der Waals surface area contributed by atoms with Crippen LogP contribution in [0.15, 0.2) is 0 Å². The number of rotatable bonds is 3. The minimum atomic E-state index is -0.00261. The summed E-state index contributed by atoms with van der Waals surface area (Å²) >= 11 is 0. The van der Waals surface area contributed by atoms with Gasteiger partial charge in [0.15, 0.2) is 0 Å². The van der Waals surface area contributed by atoms with Crippen LogP contribution in [0.5, 0.6) is 6.01 Å². The molecule has 2 rings (SSSR count). The van der Waals surface area contributed by atoms with Gasteiger partial charge in [0.25, 0.3) is 0 Å². The molecular formula is C12H21N5O2. The van der Waals surface area contributed by atoms with Crippen LogP contribution in [-0.2, 0) is 4.74 Å². The molecule has 0 saturated carbocycles. The summed E-state index contributed by atoms with van der Waals surface area (Å²) in [6.45, 7) is 9.35. The Kier molecular flexibility index (Phi) is 4.04. The highest BCUT2D eigenvalue weighted by atomic mass is 16.5. The summed E-state index contributed by atoms with van der Waals surface area (Å²) in [4.78, 5) is 14.5. The molecule has 0 aromatic carbocycles. The number of nitrogen functional groups attached to an aromatic ring is 1. The zero-order valence-corrected chi connectivity index (χ0v) is 11.8. The molecule has 0 unspecified atom stereocenters. The van der Waals surface area contributed by atoms with Gasteiger partial charge in [-0.05, 0) is 27.7 Å². The number of hydrogen-bond acceptors (Lipinski definition) is 7. The van der Waals surface area contributed by atoms with E-state index in [1.165, 1.54) is 0 Å². The van der Waals surface area contributed by atoms with Gasteiger partial charge in [0.2, 0.25) is 11.9 Å². The van der Waals surface area contributed by atoms with Gasteiger partial charge in [-0.3, -0.25) is 0 Å². The molecule has 2 N–H and O–H groups in total. The fourth-order valence-corrected chi connectivity index (χ4v) is 2.11. The molecule has 0 radical (unpaired) electrons. The maximum absolute atomic E-state index is 5.71. The third-order valence-corrected chi connectivity index (χ3v) is 2.66. The monoisotopic (exact) mass is 267 g/mol. The quantitative estimate of drug-likeness (QED) is 0.868. The van der Waals surface area contributed by atoms with E-state index >= 15 is 0 Å². The first-order valence-corrected chi connectivity index (χ1v) is 6.52. The molecule has 7 heteroatoms. The van der Waals surface area contributed by atoms with Gasteiger partial charge in [0.05, 0.1) is 18.3 Å². The van der Waals surface area contributed by atoms with Gasteiger partial charge < -0.3 is 20.1 Å². The van der Waals surface area contributed by atoms with Crippen LogP contribution in [0.25, 0.3) is 0 Å². The standard InChI is InChI=1S/C12H21N5O2/c1-7(2)18-12-15-10(13)14-11(16-12)17-5-8(3)19-9(4)6-17/h7-9H,5-6H2,1-4H3,(H2,13,14,15,16)/t8-,9+. The van der Waals surface area contributed by atoms with Gasteiger partial charge in [0, 0.05) is 13.1 Å². The summed E-state index contributed by atoms with van der Waals surface area (Å²) in [6, 6.07) is 0.268. The Balaban J connectivity index is 2.21. The Labute approximate surface area is 113 Å². The fourth-order valence-electron chi connectivity index (χ4n) is 2.11. The van der Waals surface area contributed by atoms with E-state index in [0.29, 0.717) is 5.95 Å². The van der Waals surface area contributed by atoms with Crippen molar-refractivity contribution in [2.24, 2.45) is 0 Å². The van der Waals surface area contributed by atoms with Crippen molar-refractivity contribution < 1.29 is 9.47 Å². The zero-order chi connectivity index (χ0) is 14.0. The Morgan fingerprint density at radius 3 is 2.42 bits per heavy atom. The minimum absolute atomic E-state index is 0.00261. The second-order valence-corrected chi connectivity index (χ2v) is 5.11. The molecule has 1 aromatic heterocycles. The van der Waals surface area contributed by atoms with Crippen LogP contribution in [0.1, 0.15) is 27.7 Å². The number of nitrogens with two attached hydrogens (primary N) is 1.